The molecule has 0 atom stereocenters. The third kappa shape index (κ3) is 5.50. The van der Waals surface area contributed by atoms with Gasteiger partial charge < -0.3 is 11.1 Å². The molecular formula is C15H20FIN4. The zero-order valence-electron chi connectivity index (χ0n) is 11.8. The smallest absolute Gasteiger partial charge is 0.189 e. The van der Waals surface area contributed by atoms with E-state index in [0.29, 0.717) is 23.1 Å². The Morgan fingerprint density at radius 2 is 2.10 bits per heavy atom. The summed E-state index contributed by atoms with van der Waals surface area (Å²) < 4.78 is 13.7. The number of benzene rings is 1. The van der Waals surface area contributed by atoms with Crippen LogP contribution in [0, 0.1) is 17.1 Å². The van der Waals surface area contributed by atoms with Crippen LogP contribution >= 0.6 is 24.0 Å². The quantitative estimate of drug-likeness (QED) is 0.464. The van der Waals surface area contributed by atoms with E-state index in [1.807, 2.05) is 6.07 Å². The second-order valence-corrected chi connectivity index (χ2v) is 5.10. The molecule has 0 aromatic heterocycles. The van der Waals surface area contributed by atoms with Gasteiger partial charge >= 0.3 is 0 Å². The minimum atomic E-state index is -0.418. The van der Waals surface area contributed by atoms with Crippen molar-refractivity contribution in [1.82, 2.24) is 5.32 Å². The number of aliphatic imine (C=N–C) groups is 1. The lowest BCUT2D eigenvalue weighted by molar-refractivity contribution is 0.412. The maximum atomic E-state index is 13.7. The van der Waals surface area contributed by atoms with Crippen LogP contribution in [0.25, 0.3) is 0 Å². The van der Waals surface area contributed by atoms with Crippen molar-refractivity contribution >= 4 is 29.9 Å². The largest absolute Gasteiger partial charge is 0.370 e. The first-order chi connectivity index (χ1) is 9.69. The Labute approximate surface area is 141 Å². The molecule has 21 heavy (non-hydrogen) atoms. The average molecular weight is 402 g/mol. The van der Waals surface area contributed by atoms with Gasteiger partial charge in [0.05, 0.1) is 18.2 Å². The molecule has 0 saturated heterocycles. The van der Waals surface area contributed by atoms with Crippen LogP contribution in [0.3, 0.4) is 0 Å². The van der Waals surface area contributed by atoms with Crippen LogP contribution in [0.1, 0.15) is 43.2 Å². The third-order valence-electron chi connectivity index (χ3n) is 3.56. The number of halogens is 2. The molecular weight excluding hydrogens is 382 g/mol. The van der Waals surface area contributed by atoms with Gasteiger partial charge in [-0.15, -0.1) is 24.0 Å². The standard InChI is InChI=1S/C15H19FN4.HI/c16-14-8-11(9-17)6-7-12(14)10-19-15(18)20-13-4-2-1-3-5-13;/h6-8,13H,1-5,10H2,(H3,18,19,20);1H. The van der Waals surface area contributed by atoms with Gasteiger partial charge in [0.2, 0.25) is 0 Å². The lowest BCUT2D eigenvalue weighted by Crippen LogP contribution is -2.41. The molecule has 1 aromatic carbocycles. The number of guanidine groups is 1. The Morgan fingerprint density at radius 1 is 1.38 bits per heavy atom. The number of hydrogen-bond acceptors (Lipinski definition) is 2. The van der Waals surface area contributed by atoms with Crippen molar-refractivity contribution in [2.24, 2.45) is 10.7 Å². The molecule has 0 unspecified atom stereocenters. The zero-order chi connectivity index (χ0) is 14.4. The van der Waals surface area contributed by atoms with Gasteiger partial charge in [-0.2, -0.15) is 5.26 Å². The lowest BCUT2D eigenvalue weighted by Gasteiger charge is -2.23. The van der Waals surface area contributed by atoms with E-state index >= 15 is 0 Å². The average Bonchev–Trinajstić information content (AvgIpc) is 2.47. The van der Waals surface area contributed by atoms with Crippen LogP contribution in [0.4, 0.5) is 4.39 Å². The van der Waals surface area contributed by atoms with Gasteiger partial charge in [0.25, 0.3) is 0 Å². The highest BCUT2D eigenvalue weighted by molar-refractivity contribution is 14.0. The van der Waals surface area contributed by atoms with E-state index in [4.69, 9.17) is 11.0 Å². The minimum Gasteiger partial charge on any atom is -0.370 e. The zero-order valence-corrected chi connectivity index (χ0v) is 14.1. The summed E-state index contributed by atoms with van der Waals surface area (Å²) in [6, 6.07) is 6.66. The SMILES string of the molecule is I.N#Cc1ccc(CN=C(N)NC2CCCCC2)c(F)c1. The molecule has 0 spiro atoms. The summed E-state index contributed by atoms with van der Waals surface area (Å²) in [5.74, 6) is -0.0565. The summed E-state index contributed by atoms with van der Waals surface area (Å²) in [5, 5.41) is 11.9. The van der Waals surface area contributed by atoms with Gasteiger partial charge in [0.1, 0.15) is 5.82 Å². The fraction of sp³-hybridized carbons (Fsp3) is 0.467. The maximum absolute atomic E-state index is 13.7. The molecule has 0 aliphatic heterocycles. The molecule has 4 nitrogen and oxygen atoms in total. The molecule has 114 valence electrons. The molecule has 1 saturated carbocycles. The normalized spacial score (nSPS) is 15.9. The third-order valence-corrected chi connectivity index (χ3v) is 3.56. The Bertz CT molecular complexity index is 533. The van der Waals surface area contributed by atoms with Crippen LogP contribution in [-0.4, -0.2) is 12.0 Å². The van der Waals surface area contributed by atoms with Crippen molar-refractivity contribution in [3.05, 3.63) is 35.1 Å². The number of nitriles is 1. The van der Waals surface area contributed by atoms with Crippen LogP contribution < -0.4 is 11.1 Å². The van der Waals surface area contributed by atoms with Gasteiger partial charge in [-0.3, -0.25) is 0 Å². The lowest BCUT2D eigenvalue weighted by atomic mass is 9.96. The van der Waals surface area contributed by atoms with Crippen molar-refractivity contribution in [3.8, 4) is 6.07 Å². The number of nitrogens with one attached hydrogen (secondary N) is 1. The number of nitrogens with two attached hydrogens (primary N) is 1. The molecule has 1 aliphatic carbocycles. The van der Waals surface area contributed by atoms with Crippen LogP contribution in [0.2, 0.25) is 0 Å². The van der Waals surface area contributed by atoms with Gasteiger partial charge in [0, 0.05) is 11.6 Å². The van der Waals surface area contributed by atoms with Gasteiger partial charge in [-0.1, -0.05) is 25.3 Å². The highest BCUT2D eigenvalue weighted by Crippen LogP contribution is 2.17. The molecule has 3 N–H and O–H groups in total. The Hall–Kier alpha value is -1.36. The predicted octanol–water partition coefficient (Wildman–Crippen LogP) is 3.05. The summed E-state index contributed by atoms with van der Waals surface area (Å²) in [5.41, 5.74) is 6.57. The van der Waals surface area contributed by atoms with Crippen LogP contribution in [-0.2, 0) is 6.54 Å². The topological polar surface area (TPSA) is 74.2 Å². The molecule has 0 amide bonds. The summed E-state index contributed by atoms with van der Waals surface area (Å²) in [4.78, 5) is 4.17. The highest BCUT2D eigenvalue weighted by atomic mass is 127. The van der Waals surface area contributed by atoms with E-state index in [1.54, 1.807) is 12.1 Å². The Balaban J connectivity index is 0.00000220. The van der Waals surface area contributed by atoms with Crippen molar-refractivity contribution in [2.45, 2.75) is 44.7 Å². The van der Waals surface area contributed by atoms with E-state index < -0.39 is 5.82 Å². The van der Waals surface area contributed by atoms with Crippen LogP contribution in [0.15, 0.2) is 23.2 Å². The first kappa shape index (κ1) is 17.7. The first-order valence-electron chi connectivity index (χ1n) is 6.94. The monoisotopic (exact) mass is 402 g/mol. The molecule has 2 rings (SSSR count). The molecule has 1 fully saturated rings. The van der Waals surface area contributed by atoms with Crippen molar-refractivity contribution in [3.63, 3.8) is 0 Å². The second-order valence-electron chi connectivity index (χ2n) is 5.10. The molecule has 0 heterocycles. The molecule has 1 aliphatic rings. The second kappa shape index (κ2) is 8.82. The predicted molar refractivity (Wildman–Crippen MR) is 91.9 cm³/mol. The molecule has 0 radical (unpaired) electrons. The Kier molecular flexibility index (Phi) is 7.43. The maximum Gasteiger partial charge on any atom is 0.189 e. The number of nitrogens with zero attached hydrogens (tertiary/aromatic N) is 2. The summed E-state index contributed by atoms with van der Waals surface area (Å²) >= 11 is 0. The molecule has 1 aromatic rings. The van der Waals surface area contributed by atoms with Crippen LogP contribution in [0.5, 0.6) is 0 Å². The molecule has 6 heteroatoms. The Morgan fingerprint density at radius 3 is 2.71 bits per heavy atom. The van der Waals surface area contributed by atoms with E-state index in [2.05, 4.69) is 10.3 Å². The fourth-order valence-corrected chi connectivity index (χ4v) is 2.42. The van der Waals surface area contributed by atoms with E-state index in [9.17, 15) is 4.39 Å². The van der Waals surface area contributed by atoms with Gasteiger partial charge in [0.15, 0.2) is 5.96 Å². The minimum absolute atomic E-state index is 0. The van der Waals surface area contributed by atoms with E-state index in [0.717, 1.165) is 12.8 Å². The van der Waals surface area contributed by atoms with E-state index in [1.165, 1.54) is 25.3 Å². The fourth-order valence-electron chi connectivity index (χ4n) is 2.42. The number of rotatable bonds is 3. The van der Waals surface area contributed by atoms with E-state index in [-0.39, 0.29) is 30.5 Å². The summed E-state index contributed by atoms with van der Waals surface area (Å²) in [6.45, 7) is 0.184. The van der Waals surface area contributed by atoms with Gasteiger partial charge in [-0.25, -0.2) is 9.38 Å². The first-order valence-corrected chi connectivity index (χ1v) is 6.94. The molecule has 0 bridgehead atoms. The summed E-state index contributed by atoms with van der Waals surface area (Å²) in [6.07, 6.45) is 5.94. The highest BCUT2D eigenvalue weighted by Gasteiger charge is 2.13. The summed E-state index contributed by atoms with van der Waals surface area (Å²) in [7, 11) is 0. The van der Waals surface area contributed by atoms with Gasteiger partial charge in [-0.05, 0) is 25.0 Å². The van der Waals surface area contributed by atoms with Crippen molar-refractivity contribution < 1.29 is 4.39 Å². The number of hydrogen-bond donors (Lipinski definition) is 2. The van der Waals surface area contributed by atoms with Crippen molar-refractivity contribution in [1.29, 1.82) is 5.26 Å². The van der Waals surface area contributed by atoms with Crippen molar-refractivity contribution in [2.75, 3.05) is 0 Å².